The molecule has 0 aromatic heterocycles. The lowest BCUT2D eigenvalue weighted by Crippen LogP contribution is -2.45. The molecule has 1 aromatic rings. The lowest BCUT2D eigenvalue weighted by Gasteiger charge is -2.22. The monoisotopic (exact) mass is 286 g/mol. The number of benzene rings is 1. The molecule has 1 unspecified atom stereocenters. The summed E-state index contributed by atoms with van der Waals surface area (Å²) in [4.78, 5) is 13.4. The second-order valence-corrected chi connectivity index (χ2v) is 4.41. The second kappa shape index (κ2) is 7.67. The first-order valence-corrected chi connectivity index (χ1v) is 6.61. The van der Waals surface area contributed by atoms with Gasteiger partial charge in [-0.05, 0) is 32.9 Å². The minimum Gasteiger partial charge on any atom is -0.488 e. The molecular formula is C14H20F2N2O2. The number of urea groups is 1. The number of carbonyl (C=O) groups is 1. The fourth-order valence-corrected chi connectivity index (χ4v) is 1.66. The summed E-state index contributed by atoms with van der Waals surface area (Å²) < 4.78 is 31.3. The van der Waals surface area contributed by atoms with E-state index in [-0.39, 0.29) is 24.4 Å². The minimum absolute atomic E-state index is 0.0321. The summed E-state index contributed by atoms with van der Waals surface area (Å²) in [5.74, 6) is -1.44. The van der Waals surface area contributed by atoms with Crippen LogP contribution in [0.25, 0.3) is 0 Å². The van der Waals surface area contributed by atoms with Crippen molar-refractivity contribution >= 4 is 6.03 Å². The van der Waals surface area contributed by atoms with Crippen LogP contribution in [0.15, 0.2) is 18.2 Å². The third-order valence-corrected chi connectivity index (χ3v) is 2.80. The van der Waals surface area contributed by atoms with E-state index in [1.54, 1.807) is 11.8 Å². The molecule has 0 fully saturated rings. The van der Waals surface area contributed by atoms with Crippen LogP contribution in [-0.2, 0) is 0 Å². The second-order valence-electron chi connectivity index (χ2n) is 4.41. The number of nitrogens with zero attached hydrogens (tertiary/aromatic N) is 1. The van der Waals surface area contributed by atoms with Crippen LogP contribution in [0.2, 0.25) is 0 Å². The van der Waals surface area contributed by atoms with Gasteiger partial charge in [0.1, 0.15) is 12.4 Å². The smallest absolute Gasteiger partial charge is 0.317 e. The molecule has 0 radical (unpaired) electrons. The van der Waals surface area contributed by atoms with Crippen LogP contribution in [0.1, 0.15) is 20.8 Å². The Bertz CT molecular complexity index is 451. The molecule has 0 saturated heterocycles. The van der Waals surface area contributed by atoms with E-state index in [2.05, 4.69) is 5.32 Å². The molecule has 2 amide bonds. The van der Waals surface area contributed by atoms with E-state index in [1.165, 1.54) is 6.07 Å². The van der Waals surface area contributed by atoms with Gasteiger partial charge in [-0.3, -0.25) is 0 Å². The summed E-state index contributed by atoms with van der Waals surface area (Å²) in [6, 6.07) is 2.63. The molecular weight excluding hydrogens is 266 g/mol. The topological polar surface area (TPSA) is 41.6 Å². The highest BCUT2D eigenvalue weighted by Crippen LogP contribution is 2.17. The van der Waals surface area contributed by atoms with E-state index in [4.69, 9.17) is 4.74 Å². The first-order valence-electron chi connectivity index (χ1n) is 6.61. The van der Waals surface area contributed by atoms with Crippen molar-refractivity contribution in [2.75, 3.05) is 19.7 Å². The number of rotatable bonds is 6. The van der Waals surface area contributed by atoms with Crippen molar-refractivity contribution in [1.82, 2.24) is 10.2 Å². The van der Waals surface area contributed by atoms with Gasteiger partial charge >= 0.3 is 6.03 Å². The fourth-order valence-electron chi connectivity index (χ4n) is 1.66. The average molecular weight is 286 g/mol. The van der Waals surface area contributed by atoms with Crippen LogP contribution < -0.4 is 10.1 Å². The Morgan fingerprint density at radius 2 is 2.00 bits per heavy atom. The van der Waals surface area contributed by atoms with E-state index in [9.17, 15) is 13.6 Å². The van der Waals surface area contributed by atoms with Gasteiger partial charge in [0, 0.05) is 19.2 Å². The molecule has 6 heteroatoms. The maximum Gasteiger partial charge on any atom is 0.317 e. The molecule has 1 rings (SSSR count). The Morgan fingerprint density at radius 1 is 1.35 bits per heavy atom. The summed E-state index contributed by atoms with van der Waals surface area (Å²) in [5.41, 5.74) is 0. The SMILES string of the molecule is CCN(CC)C(=O)NC(C)COc1ccc(F)cc1F. The zero-order valence-electron chi connectivity index (χ0n) is 12.0. The zero-order chi connectivity index (χ0) is 15.1. The van der Waals surface area contributed by atoms with E-state index >= 15 is 0 Å². The number of hydrogen-bond donors (Lipinski definition) is 1. The van der Waals surface area contributed by atoms with Gasteiger partial charge in [0.25, 0.3) is 0 Å². The van der Waals surface area contributed by atoms with Crippen LogP contribution in [0.5, 0.6) is 5.75 Å². The van der Waals surface area contributed by atoms with Gasteiger partial charge in [-0.1, -0.05) is 0 Å². The quantitative estimate of drug-likeness (QED) is 0.873. The standard InChI is InChI=1S/C14H20F2N2O2/c1-4-18(5-2)14(19)17-10(3)9-20-13-7-6-11(15)8-12(13)16/h6-8,10H,4-5,9H2,1-3H3,(H,17,19). The highest BCUT2D eigenvalue weighted by molar-refractivity contribution is 5.74. The molecule has 0 aliphatic carbocycles. The van der Waals surface area contributed by atoms with Gasteiger partial charge in [-0.15, -0.1) is 0 Å². The average Bonchev–Trinajstić information content (AvgIpc) is 2.39. The summed E-state index contributed by atoms with van der Waals surface area (Å²) in [6.45, 7) is 6.86. The number of carbonyl (C=O) groups excluding carboxylic acids is 1. The van der Waals surface area contributed by atoms with Crippen LogP contribution in [0.3, 0.4) is 0 Å². The molecule has 20 heavy (non-hydrogen) atoms. The maximum absolute atomic E-state index is 13.3. The van der Waals surface area contributed by atoms with Crippen molar-refractivity contribution < 1.29 is 18.3 Å². The Labute approximate surface area is 117 Å². The van der Waals surface area contributed by atoms with Crippen molar-refractivity contribution in [2.45, 2.75) is 26.8 Å². The predicted molar refractivity (Wildman–Crippen MR) is 72.8 cm³/mol. The highest BCUT2D eigenvalue weighted by atomic mass is 19.1. The Morgan fingerprint density at radius 3 is 2.55 bits per heavy atom. The number of ether oxygens (including phenoxy) is 1. The zero-order valence-corrected chi connectivity index (χ0v) is 12.0. The Hall–Kier alpha value is -1.85. The first-order chi connectivity index (χ1) is 9.47. The fraction of sp³-hybridized carbons (Fsp3) is 0.500. The first kappa shape index (κ1) is 16.2. The lowest BCUT2D eigenvalue weighted by molar-refractivity contribution is 0.191. The van der Waals surface area contributed by atoms with E-state index in [0.29, 0.717) is 13.1 Å². The lowest BCUT2D eigenvalue weighted by atomic mass is 10.3. The maximum atomic E-state index is 13.3. The molecule has 1 atom stereocenters. The van der Waals surface area contributed by atoms with Gasteiger partial charge in [0.05, 0.1) is 6.04 Å². The van der Waals surface area contributed by atoms with Crippen molar-refractivity contribution in [2.24, 2.45) is 0 Å². The third-order valence-electron chi connectivity index (χ3n) is 2.80. The summed E-state index contributed by atoms with van der Waals surface area (Å²) in [7, 11) is 0. The summed E-state index contributed by atoms with van der Waals surface area (Å²) in [6.07, 6.45) is 0. The van der Waals surface area contributed by atoms with Gasteiger partial charge in [0.15, 0.2) is 11.6 Å². The van der Waals surface area contributed by atoms with Gasteiger partial charge in [0.2, 0.25) is 0 Å². The molecule has 0 saturated carbocycles. The van der Waals surface area contributed by atoms with Crippen molar-refractivity contribution in [3.63, 3.8) is 0 Å². The summed E-state index contributed by atoms with van der Waals surface area (Å²) >= 11 is 0. The summed E-state index contributed by atoms with van der Waals surface area (Å²) in [5, 5.41) is 2.75. The van der Waals surface area contributed by atoms with Gasteiger partial charge < -0.3 is 15.0 Å². The van der Waals surface area contributed by atoms with E-state index in [1.807, 2.05) is 13.8 Å². The Balaban J connectivity index is 2.47. The number of amides is 2. The molecule has 0 aliphatic heterocycles. The Kier molecular flexibility index (Phi) is 6.21. The van der Waals surface area contributed by atoms with E-state index < -0.39 is 11.6 Å². The van der Waals surface area contributed by atoms with Crippen molar-refractivity contribution in [3.05, 3.63) is 29.8 Å². The third kappa shape index (κ3) is 4.68. The van der Waals surface area contributed by atoms with Gasteiger partial charge in [-0.25, -0.2) is 13.6 Å². The molecule has 0 spiro atoms. The van der Waals surface area contributed by atoms with Crippen LogP contribution >= 0.6 is 0 Å². The molecule has 1 N–H and O–H groups in total. The molecule has 4 nitrogen and oxygen atoms in total. The molecule has 0 bridgehead atoms. The van der Waals surface area contributed by atoms with Crippen LogP contribution in [0.4, 0.5) is 13.6 Å². The normalized spacial score (nSPS) is 11.8. The molecule has 0 aliphatic rings. The minimum atomic E-state index is -0.757. The number of halogens is 2. The van der Waals surface area contributed by atoms with Crippen molar-refractivity contribution in [1.29, 1.82) is 0 Å². The molecule has 112 valence electrons. The van der Waals surface area contributed by atoms with Gasteiger partial charge in [-0.2, -0.15) is 0 Å². The van der Waals surface area contributed by atoms with E-state index in [0.717, 1.165) is 12.1 Å². The van der Waals surface area contributed by atoms with Crippen LogP contribution in [0, 0.1) is 11.6 Å². The number of nitrogens with one attached hydrogen (secondary N) is 1. The van der Waals surface area contributed by atoms with Crippen LogP contribution in [-0.4, -0.2) is 36.7 Å². The molecule has 0 heterocycles. The van der Waals surface area contributed by atoms with Crippen molar-refractivity contribution in [3.8, 4) is 5.75 Å². The number of hydrogen-bond acceptors (Lipinski definition) is 2. The largest absolute Gasteiger partial charge is 0.488 e. The predicted octanol–water partition coefficient (Wildman–Crippen LogP) is 2.78. The highest BCUT2D eigenvalue weighted by Gasteiger charge is 2.13. The molecule has 1 aromatic carbocycles.